The van der Waals surface area contributed by atoms with Crippen LogP contribution in [0, 0.1) is 16.0 Å². The van der Waals surface area contributed by atoms with E-state index in [-0.39, 0.29) is 10.6 Å². The Morgan fingerprint density at radius 3 is 2.61 bits per heavy atom. The van der Waals surface area contributed by atoms with Crippen LogP contribution in [0.4, 0.5) is 5.69 Å². The summed E-state index contributed by atoms with van der Waals surface area (Å²) in [7, 11) is 0. The third-order valence-electron chi connectivity index (χ3n) is 2.88. The van der Waals surface area contributed by atoms with Crippen molar-refractivity contribution in [2.45, 2.75) is 44.4 Å². The summed E-state index contributed by atoms with van der Waals surface area (Å²) >= 11 is 3.67. The number of para-hydroxylation sites is 1. The van der Waals surface area contributed by atoms with E-state index >= 15 is 0 Å². The van der Waals surface area contributed by atoms with E-state index in [9.17, 15) is 10.1 Å². The van der Waals surface area contributed by atoms with Crippen molar-refractivity contribution in [2.75, 3.05) is 0 Å². The van der Waals surface area contributed by atoms with E-state index in [1.54, 1.807) is 12.1 Å². The number of nitro benzene ring substituents is 1. The third-order valence-corrected chi connectivity index (χ3v) is 3.71. The molecular formula is C14H20BrNO2. The van der Waals surface area contributed by atoms with Crippen LogP contribution in [0.3, 0.4) is 0 Å². The van der Waals surface area contributed by atoms with Crippen molar-refractivity contribution in [1.82, 2.24) is 0 Å². The lowest BCUT2D eigenvalue weighted by molar-refractivity contribution is -0.385. The van der Waals surface area contributed by atoms with Gasteiger partial charge in [0.25, 0.3) is 5.69 Å². The van der Waals surface area contributed by atoms with Crippen LogP contribution in [0.5, 0.6) is 0 Å². The first-order valence-electron chi connectivity index (χ1n) is 6.37. The van der Waals surface area contributed by atoms with Crippen molar-refractivity contribution in [3.63, 3.8) is 0 Å². The summed E-state index contributed by atoms with van der Waals surface area (Å²) < 4.78 is 0. The Labute approximate surface area is 117 Å². The maximum Gasteiger partial charge on any atom is 0.272 e. The molecule has 0 aliphatic heterocycles. The summed E-state index contributed by atoms with van der Waals surface area (Å²) in [5, 5.41) is 10.9. The van der Waals surface area contributed by atoms with Gasteiger partial charge in [-0.2, -0.15) is 0 Å². The van der Waals surface area contributed by atoms with Crippen molar-refractivity contribution in [3.8, 4) is 0 Å². The van der Waals surface area contributed by atoms with Gasteiger partial charge in [-0.05, 0) is 31.6 Å². The third kappa shape index (κ3) is 5.17. The number of halogens is 1. The zero-order valence-corrected chi connectivity index (χ0v) is 12.5. The van der Waals surface area contributed by atoms with E-state index in [1.165, 1.54) is 0 Å². The van der Waals surface area contributed by atoms with Gasteiger partial charge in [0.1, 0.15) is 0 Å². The minimum absolute atomic E-state index is 0.243. The lowest BCUT2D eigenvalue weighted by Gasteiger charge is -2.11. The molecule has 18 heavy (non-hydrogen) atoms. The van der Waals surface area contributed by atoms with Crippen LogP contribution in [0.1, 0.15) is 38.7 Å². The van der Waals surface area contributed by atoms with E-state index in [2.05, 4.69) is 29.8 Å². The molecule has 0 fully saturated rings. The Kier molecular flexibility index (Phi) is 6.33. The molecule has 0 amide bonds. The number of alkyl halides is 1. The summed E-state index contributed by atoms with van der Waals surface area (Å²) in [6.07, 6.45) is 3.96. The molecule has 0 N–H and O–H groups in total. The summed E-state index contributed by atoms with van der Waals surface area (Å²) in [5.41, 5.74) is 1.08. The van der Waals surface area contributed by atoms with Crippen LogP contribution < -0.4 is 0 Å². The highest BCUT2D eigenvalue weighted by molar-refractivity contribution is 9.09. The molecule has 0 aliphatic carbocycles. The molecule has 4 heteroatoms. The van der Waals surface area contributed by atoms with Crippen LogP contribution in [0.15, 0.2) is 24.3 Å². The molecule has 0 saturated carbocycles. The van der Waals surface area contributed by atoms with Gasteiger partial charge in [-0.3, -0.25) is 10.1 Å². The van der Waals surface area contributed by atoms with E-state index in [1.807, 2.05) is 12.1 Å². The number of nitro groups is 1. The molecule has 1 aromatic rings. The summed E-state index contributed by atoms with van der Waals surface area (Å²) in [5.74, 6) is 0.681. The van der Waals surface area contributed by atoms with Gasteiger partial charge >= 0.3 is 0 Å². The Balaban J connectivity index is 2.46. The van der Waals surface area contributed by atoms with Crippen LogP contribution in [-0.4, -0.2) is 9.75 Å². The molecule has 0 aromatic heterocycles. The second-order valence-electron chi connectivity index (χ2n) is 5.00. The second kappa shape index (κ2) is 7.52. The molecule has 0 saturated heterocycles. The molecular weight excluding hydrogens is 294 g/mol. The highest BCUT2D eigenvalue weighted by Gasteiger charge is 2.13. The summed E-state index contributed by atoms with van der Waals surface area (Å²) in [4.78, 5) is 11.1. The van der Waals surface area contributed by atoms with Crippen molar-refractivity contribution in [1.29, 1.82) is 0 Å². The maximum atomic E-state index is 10.9. The number of rotatable bonds is 7. The lowest BCUT2D eigenvalue weighted by atomic mass is 10.0. The average Bonchev–Trinajstić information content (AvgIpc) is 2.28. The molecule has 0 aliphatic rings. The smallest absolute Gasteiger partial charge is 0.258 e. The van der Waals surface area contributed by atoms with E-state index in [0.29, 0.717) is 10.7 Å². The first-order valence-corrected chi connectivity index (χ1v) is 7.28. The predicted molar refractivity (Wildman–Crippen MR) is 78.2 cm³/mol. The molecule has 0 radical (unpaired) electrons. The fourth-order valence-electron chi connectivity index (χ4n) is 2.04. The van der Waals surface area contributed by atoms with Gasteiger partial charge in [0.05, 0.1) is 4.92 Å². The molecule has 1 aromatic carbocycles. The van der Waals surface area contributed by atoms with Gasteiger partial charge in [0, 0.05) is 16.5 Å². The van der Waals surface area contributed by atoms with Crippen LogP contribution in [0.25, 0.3) is 0 Å². The van der Waals surface area contributed by atoms with Crippen LogP contribution >= 0.6 is 15.9 Å². The molecule has 1 atom stereocenters. The Bertz CT molecular complexity index is 393. The molecule has 3 nitrogen and oxygen atoms in total. The van der Waals surface area contributed by atoms with E-state index in [0.717, 1.165) is 31.2 Å². The highest BCUT2D eigenvalue weighted by atomic mass is 79.9. The standard InChI is InChI=1S/C14H20BrNO2/c1-11(2)10-13(15)8-5-7-12-6-3-4-9-14(12)16(17)18/h3-4,6,9,11,13H,5,7-8,10H2,1-2H3. The summed E-state index contributed by atoms with van der Waals surface area (Å²) in [6.45, 7) is 4.41. The lowest BCUT2D eigenvalue weighted by Crippen LogP contribution is -2.04. The number of benzene rings is 1. The Morgan fingerprint density at radius 1 is 1.33 bits per heavy atom. The number of aryl methyl sites for hydroxylation is 1. The van der Waals surface area contributed by atoms with Gasteiger partial charge in [0.15, 0.2) is 0 Å². The van der Waals surface area contributed by atoms with Crippen LogP contribution in [0.2, 0.25) is 0 Å². The molecule has 0 heterocycles. The molecule has 0 bridgehead atoms. The van der Waals surface area contributed by atoms with Gasteiger partial charge in [0.2, 0.25) is 0 Å². The number of nitrogens with zero attached hydrogens (tertiary/aromatic N) is 1. The summed E-state index contributed by atoms with van der Waals surface area (Å²) in [6, 6.07) is 7.01. The first-order chi connectivity index (χ1) is 8.50. The van der Waals surface area contributed by atoms with Gasteiger partial charge in [-0.15, -0.1) is 0 Å². The zero-order valence-electron chi connectivity index (χ0n) is 10.9. The van der Waals surface area contributed by atoms with Gasteiger partial charge in [-0.1, -0.05) is 48.0 Å². The first kappa shape index (κ1) is 15.2. The minimum atomic E-state index is -0.297. The number of hydrogen-bond donors (Lipinski definition) is 0. The molecule has 0 spiro atoms. The highest BCUT2D eigenvalue weighted by Crippen LogP contribution is 2.23. The van der Waals surface area contributed by atoms with Gasteiger partial charge < -0.3 is 0 Å². The topological polar surface area (TPSA) is 43.1 Å². The average molecular weight is 314 g/mol. The molecule has 1 rings (SSSR count). The van der Waals surface area contributed by atoms with Crippen molar-refractivity contribution in [3.05, 3.63) is 39.9 Å². The largest absolute Gasteiger partial charge is 0.272 e. The van der Waals surface area contributed by atoms with E-state index < -0.39 is 0 Å². The predicted octanol–water partition coefficient (Wildman–Crippen LogP) is 4.73. The fraction of sp³-hybridized carbons (Fsp3) is 0.571. The Hall–Kier alpha value is -0.900. The van der Waals surface area contributed by atoms with Crippen molar-refractivity contribution < 1.29 is 4.92 Å². The van der Waals surface area contributed by atoms with Crippen LogP contribution in [-0.2, 0) is 6.42 Å². The fourth-order valence-corrected chi connectivity index (χ4v) is 3.12. The second-order valence-corrected chi connectivity index (χ2v) is 6.30. The quantitative estimate of drug-likeness (QED) is 0.415. The zero-order chi connectivity index (χ0) is 13.5. The van der Waals surface area contributed by atoms with Crippen molar-refractivity contribution >= 4 is 21.6 Å². The SMILES string of the molecule is CC(C)CC(Br)CCCc1ccccc1[N+](=O)[O-]. The maximum absolute atomic E-state index is 10.9. The normalized spacial score (nSPS) is 12.7. The van der Waals surface area contributed by atoms with Gasteiger partial charge in [-0.25, -0.2) is 0 Å². The minimum Gasteiger partial charge on any atom is -0.258 e. The monoisotopic (exact) mass is 313 g/mol. The Morgan fingerprint density at radius 2 is 2.00 bits per heavy atom. The number of hydrogen-bond acceptors (Lipinski definition) is 2. The molecule has 1 unspecified atom stereocenters. The van der Waals surface area contributed by atoms with E-state index in [4.69, 9.17) is 0 Å². The van der Waals surface area contributed by atoms with Crippen molar-refractivity contribution in [2.24, 2.45) is 5.92 Å². The molecule has 100 valence electrons.